The number of benzene rings is 2. The third-order valence-electron chi connectivity index (χ3n) is 6.33. The zero-order chi connectivity index (χ0) is 22.9. The van der Waals surface area contributed by atoms with Crippen LogP contribution in [-0.2, 0) is 0 Å². The van der Waals surface area contributed by atoms with E-state index in [2.05, 4.69) is 6.92 Å². The minimum absolute atomic E-state index is 0.319. The molecular weight excluding hydrogens is 396 g/mol. The Bertz CT molecular complexity index is 768. The maximum Gasteiger partial charge on any atom is 0.335 e. The number of rotatable bonds is 19. The topological polar surface area (TPSA) is 46.5 Å². The lowest BCUT2D eigenvalue weighted by Crippen LogP contribution is -1.98. The number of hydrogen-bond donors (Lipinski definition) is 1. The fourth-order valence-corrected chi connectivity index (χ4v) is 4.29. The summed E-state index contributed by atoms with van der Waals surface area (Å²) in [5, 5.41) is 11.0. The predicted molar refractivity (Wildman–Crippen MR) is 136 cm³/mol. The number of aromatic carboxylic acids is 1. The molecule has 1 N–H and O–H groups in total. The normalized spacial score (nSPS) is 11.2. The fourth-order valence-electron chi connectivity index (χ4n) is 4.29. The Kier molecular flexibility index (Phi) is 13.6. The van der Waals surface area contributed by atoms with Gasteiger partial charge in [-0.05, 0) is 41.5 Å². The molecule has 0 heterocycles. The number of fused-ring (bicyclic) bond motifs is 1. The van der Waals surface area contributed by atoms with Gasteiger partial charge in [-0.15, -0.1) is 0 Å². The van der Waals surface area contributed by atoms with E-state index in [1.54, 1.807) is 12.1 Å². The second-order valence-corrected chi connectivity index (χ2v) is 9.18. The summed E-state index contributed by atoms with van der Waals surface area (Å²) in [5.74, 6) is -0.0303. The van der Waals surface area contributed by atoms with Gasteiger partial charge in [0.1, 0.15) is 5.75 Å². The molecular formula is C29H44O3. The van der Waals surface area contributed by atoms with Gasteiger partial charge in [-0.3, -0.25) is 0 Å². The van der Waals surface area contributed by atoms with Crippen LogP contribution < -0.4 is 4.74 Å². The van der Waals surface area contributed by atoms with Crippen LogP contribution in [0.25, 0.3) is 10.8 Å². The van der Waals surface area contributed by atoms with Crippen molar-refractivity contribution in [2.45, 2.75) is 110 Å². The molecule has 0 aromatic heterocycles. The highest BCUT2D eigenvalue weighted by molar-refractivity contribution is 5.94. The highest BCUT2D eigenvalue weighted by Gasteiger charge is 2.04. The first-order valence-electron chi connectivity index (χ1n) is 13.1. The molecule has 2 rings (SSSR count). The van der Waals surface area contributed by atoms with Gasteiger partial charge in [0.2, 0.25) is 0 Å². The Hall–Kier alpha value is -2.03. The zero-order valence-electron chi connectivity index (χ0n) is 20.2. The molecule has 0 fully saturated rings. The summed E-state index contributed by atoms with van der Waals surface area (Å²) in [6, 6.07) is 11.1. The first kappa shape index (κ1) is 26.2. The monoisotopic (exact) mass is 440 g/mol. The van der Waals surface area contributed by atoms with Crippen molar-refractivity contribution in [1.29, 1.82) is 0 Å². The van der Waals surface area contributed by atoms with Crippen LogP contribution in [0.4, 0.5) is 0 Å². The van der Waals surface area contributed by atoms with Gasteiger partial charge in [-0.2, -0.15) is 0 Å². The molecule has 178 valence electrons. The van der Waals surface area contributed by atoms with Crippen LogP contribution >= 0.6 is 0 Å². The van der Waals surface area contributed by atoms with Crippen molar-refractivity contribution < 1.29 is 14.6 Å². The third kappa shape index (κ3) is 11.0. The van der Waals surface area contributed by atoms with E-state index in [1.807, 2.05) is 24.3 Å². The molecule has 0 aliphatic rings. The zero-order valence-corrected chi connectivity index (χ0v) is 20.2. The number of hydrogen-bond acceptors (Lipinski definition) is 2. The molecule has 3 heteroatoms. The molecule has 3 nitrogen and oxygen atoms in total. The van der Waals surface area contributed by atoms with Crippen molar-refractivity contribution in [3.63, 3.8) is 0 Å². The lowest BCUT2D eigenvalue weighted by molar-refractivity contribution is 0.0697. The highest BCUT2D eigenvalue weighted by atomic mass is 16.5. The average Bonchev–Trinajstić information content (AvgIpc) is 2.80. The largest absolute Gasteiger partial charge is 0.494 e. The van der Waals surface area contributed by atoms with Crippen molar-refractivity contribution >= 4 is 16.7 Å². The number of ether oxygens (including phenoxy) is 1. The first-order valence-corrected chi connectivity index (χ1v) is 13.1. The Morgan fingerprint density at radius 1 is 0.656 bits per heavy atom. The van der Waals surface area contributed by atoms with E-state index < -0.39 is 5.97 Å². The minimum atomic E-state index is -0.893. The molecule has 2 aromatic carbocycles. The lowest BCUT2D eigenvalue weighted by Gasteiger charge is -2.08. The lowest BCUT2D eigenvalue weighted by atomic mass is 10.0. The number of carboxylic acid groups (broad SMARTS) is 1. The quantitative estimate of drug-likeness (QED) is 0.221. The van der Waals surface area contributed by atoms with E-state index in [-0.39, 0.29) is 0 Å². The van der Waals surface area contributed by atoms with Crippen LogP contribution in [-0.4, -0.2) is 17.7 Å². The van der Waals surface area contributed by atoms with Crippen LogP contribution in [0.3, 0.4) is 0 Å². The summed E-state index contributed by atoms with van der Waals surface area (Å²) in [6.45, 7) is 3.03. The summed E-state index contributed by atoms with van der Waals surface area (Å²) >= 11 is 0. The molecule has 2 aromatic rings. The van der Waals surface area contributed by atoms with Gasteiger partial charge in [0.25, 0.3) is 0 Å². The van der Waals surface area contributed by atoms with Gasteiger partial charge in [0.05, 0.1) is 12.2 Å². The van der Waals surface area contributed by atoms with Crippen molar-refractivity contribution in [1.82, 2.24) is 0 Å². The van der Waals surface area contributed by atoms with Crippen LogP contribution in [0, 0.1) is 0 Å². The van der Waals surface area contributed by atoms with Crippen molar-refractivity contribution in [2.75, 3.05) is 6.61 Å². The molecule has 0 aliphatic carbocycles. The predicted octanol–water partition coefficient (Wildman–Crippen LogP) is 9.18. The van der Waals surface area contributed by atoms with Crippen molar-refractivity contribution in [2.24, 2.45) is 0 Å². The molecule has 0 atom stereocenters. The minimum Gasteiger partial charge on any atom is -0.494 e. The molecule has 0 bridgehead atoms. The van der Waals surface area contributed by atoms with Gasteiger partial charge < -0.3 is 9.84 Å². The van der Waals surface area contributed by atoms with E-state index in [4.69, 9.17) is 9.84 Å². The molecule has 0 spiro atoms. The maximum absolute atomic E-state index is 11.1. The van der Waals surface area contributed by atoms with Crippen LogP contribution in [0.15, 0.2) is 36.4 Å². The Balaban J connectivity index is 1.41. The Morgan fingerprint density at radius 3 is 1.66 bits per heavy atom. The first-order chi connectivity index (χ1) is 15.7. The molecule has 0 aliphatic heterocycles. The highest BCUT2D eigenvalue weighted by Crippen LogP contribution is 2.22. The second-order valence-electron chi connectivity index (χ2n) is 9.18. The molecule has 0 saturated carbocycles. The summed E-state index contributed by atoms with van der Waals surface area (Å²) in [6.07, 6.45) is 22.0. The van der Waals surface area contributed by atoms with Crippen LogP contribution in [0.2, 0.25) is 0 Å². The van der Waals surface area contributed by atoms with Crippen LogP contribution in [0.5, 0.6) is 5.75 Å². The van der Waals surface area contributed by atoms with Gasteiger partial charge in [0.15, 0.2) is 0 Å². The van der Waals surface area contributed by atoms with E-state index in [0.717, 1.165) is 29.5 Å². The van der Waals surface area contributed by atoms with E-state index >= 15 is 0 Å². The van der Waals surface area contributed by atoms with Crippen molar-refractivity contribution in [3.8, 4) is 5.75 Å². The van der Waals surface area contributed by atoms with E-state index in [1.165, 1.54) is 96.3 Å². The number of unbranched alkanes of at least 4 members (excludes halogenated alkanes) is 15. The fraction of sp³-hybridized carbons (Fsp3) is 0.621. The van der Waals surface area contributed by atoms with Gasteiger partial charge in [0, 0.05) is 0 Å². The van der Waals surface area contributed by atoms with Crippen molar-refractivity contribution in [3.05, 3.63) is 42.0 Å². The molecule has 0 radical (unpaired) electrons. The Morgan fingerprint density at radius 2 is 1.12 bits per heavy atom. The number of carboxylic acids is 1. The average molecular weight is 441 g/mol. The summed E-state index contributed by atoms with van der Waals surface area (Å²) < 4.78 is 5.89. The van der Waals surface area contributed by atoms with Crippen LogP contribution in [0.1, 0.15) is 120 Å². The smallest absolute Gasteiger partial charge is 0.335 e. The van der Waals surface area contributed by atoms with E-state index in [9.17, 15) is 4.79 Å². The molecule has 32 heavy (non-hydrogen) atoms. The summed E-state index contributed by atoms with van der Waals surface area (Å²) in [7, 11) is 0. The third-order valence-corrected chi connectivity index (χ3v) is 6.33. The second kappa shape index (κ2) is 16.6. The number of carbonyl (C=O) groups is 1. The van der Waals surface area contributed by atoms with Gasteiger partial charge in [-0.1, -0.05) is 115 Å². The standard InChI is InChI=1S/C29H44O3/c1-2-3-4-5-6-7-8-9-10-11-12-13-14-15-16-17-22-32-28-21-20-25-23-27(29(30)31)19-18-26(25)24-28/h18-21,23-24H,2-17,22H2,1H3,(H,30,31). The van der Waals surface area contributed by atoms with Gasteiger partial charge >= 0.3 is 5.97 Å². The molecule has 0 amide bonds. The van der Waals surface area contributed by atoms with E-state index in [0.29, 0.717) is 5.56 Å². The molecule has 0 unspecified atom stereocenters. The SMILES string of the molecule is CCCCCCCCCCCCCCCCCCOc1ccc2cc(C(=O)O)ccc2c1. The maximum atomic E-state index is 11.1. The summed E-state index contributed by atoms with van der Waals surface area (Å²) in [5.41, 5.74) is 0.319. The summed E-state index contributed by atoms with van der Waals surface area (Å²) in [4.78, 5) is 11.1. The Labute approximate surface area is 195 Å². The van der Waals surface area contributed by atoms with Gasteiger partial charge in [-0.25, -0.2) is 4.79 Å². The molecule has 0 saturated heterocycles.